The third-order valence-corrected chi connectivity index (χ3v) is 4.59. The summed E-state index contributed by atoms with van der Waals surface area (Å²) in [6.45, 7) is 3.05. The molecule has 1 atom stereocenters. The first kappa shape index (κ1) is 20.8. The Bertz CT molecular complexity index is 974. The molecule has 2 heterocycles. The van der Waals surface area contributed by atoms with Gasteiger partial charge in [-0.3, -0.25) is 4.79 Å². The summed E-state index contributed by atoms with van der Waals surface area (Å²) in [6, 6.07) is 15.4. The molecule has 0 saturated carbocycles. The molecule has 8 heteroatoms. The van der Waals surface area contributed by atoms with E-state index in [4.69, 9.17) is 4.74 Å². The molecule has 29 heavy (non-hydrogen) atoms. The van der Waals surface area contributed by atoms with E-state index in [0.29, 0.717) is 5.95 Å². The Morgan fingerprint density at radius 1 is 1.10 bits per heavy atom. The fourth-order valence-corrected chi connectivity index (χ4v) is 3.25. The van der Waals surface area contributed by atoms with Crippen LogP contribution in [0, 0.1) is 0 Å². The number of fused-ring (bicyclic) bond motifs is 1. The molecule has 1 unspecified atom stereocenters. The van der Waals surface area contributed by atoms with E-state index in [0.717, 1.165) is 54.1 Å². The van der Waals surface area contributed by atoms with Crippen LogP contribution in [0.25, 0.3) is 10.9 Å². The molecule has 1 amide bonds. The van der Waals surface area contributed by atoms with Crippen molar-refractivity contribution in [3.05, 3.63) is 48.5 Å². The first-order valence-corrected chi connectivity index (χ1v) is 9.44. The molecule has 2 aromatic carbocycles. The molecule has 152 valence electrons. The van der Waals surface area contributed by atoms with E-state index >= 15 is 0 Å². The second kappa shape index (κ2) is 9.54. The number of ether oxygens (including phenoxy) is 1. The van der Waals surface area contributed by atoms with Crippen molar-refractivity contribution < 1.29 is 9.53 Å². The van der Waals surface area contributed by atoms with E-state index in [1.54, 1.807) is 0 Å². The number of nitrogens with zero attached hydrogens (tertiary/aromatic N) is 2. The molecule has 1 saturated heterocycles. The average Bonchev–Trinajstić information content (AvgIpc) is 3.21. The minimum Gasteiger partial charge on any atom is -0.376 e. The predicted octanol–water partition coefficient (Wildman–Crippen LogP) is 4.34. The van der Waals surface area contributed by atoms with Crippen LogP contribution in [-0.4, -0.2) is 35.1 Å². The first-order valence-electron chi connectivity index (χ1n) is 9.44. The molecular formula is C21H24ClN5O2. The Balaban J connectivity index is 0.00000240. The Morgan fingerprint density at radius 2 is 1.86 bits per heavy atom. The van der Waals surface area contributed by atoms with Gasteiger partial charge in [-0.05, 0) is 49.2 Å². The summed E-state index contributed by atoms with van der Waals surface area (Å²) in [5.74, 6) is 1.21. The van der Waals surface area contributed by atoms with Crippen LogP contribution in [0.15, 0.2) is 48.5 Å². The number of nitrogens with one attached hydrogen (secondary N) is 3. The van der Waals surface area contributed by atoms with E-state index in [2.05, 4.69) is 25.9 Å². The number of benzene rings is 2. The normalized spacial score (nSPS) is 15.6. The van der Waals surface area contributed by atoms with Gasteiger partial charge in [0.05, 0.1) is 11.6 Å². The summed E-state index contributed by atoms with van der Waals surface area (Å²) >= 11 is 0. The van der Waals surface area contributed by atoms with Crippen molar-refractivity contribution in [2.75, 3.05) is 29.1 Å². The molecule has 0 spiro atoms. The first-order chi connectivity index (χ1) is 13.7. The van der Waals surface area contributed by atoms with Crippen molar-refractivity contribution in [3.63, 3.8) is 0 Å². The fourth-order valence-electron chi connectivity index (χ4n) is 3.25. The highest BCUT2D eigenvalue weighted by Gasteiger charge is 2.16. The molecule has 1 aliphatic heterocycles. The lowest BCUT2D eigenvalue weighted by Crippen LogP contribution is -2.19. The second-order valence-corrected chi connectivity index (χ2v) is 6.81. The van der Waals surface area contributed by atoms with Crippen LogP contribution >= 0.6 is 12.4 Å². The number of hydrogen-bond acceptors (Lipinski definition) is 6. The monoisotopic (exact) mass is 413 g/mol. The fraction of sp³-hybridized carbons (Fsp3) is 0.286. The third-order valence-electron chi connectivity index (χ3n) is 4.59. The summed E-state index contributed by atoms with van der Waals surface area (Å²) in [5.41, 5.74) is 2.45. The summed E-state index contributed by atoms with van der Waals surface area (Å²) in [4.78, 5) is 20.4. The zero-order valence-corrected chi connectivity index (χ0v) is 17.0. The number of hydrogen-bond donors (Lipinski definition) is 3. The van der Waals surface area contributed by atoms with Crippen LogP contribution in [-0.2, 0) is 9.53 Å². The van der Waals surface area contributed by atoms with Crippen molar-refractivity contribution in [1.29, 1.82) is 0 Å². The van der Waals surface area contributed by atoms with Gasteiger partial charge in [0.2, 0.25) is 11.9 Å². The molecule has 1 fully saturated rings. The van der Waals surface area contributed by atoms with Crippen LogP contribution in [0.4, 0.5) is 23.1 Å². The highest BCUT2D eigenvalue weighted by Crippen LogP contribution is 2.25. The number of anilines is 4. The number of rotatable bonds is 6. The number of halogens is 1. The zero-order valence-electron chi connectivity index (χ0n) is 16.1. The molecule has 1 aliphatic rings. The average molecular weight is 414 g/mol. The van der Waals surface area contributed by atoms with Gasteiger partial charge in [-0.1, -0.05) is 12.1 Å². The Hall–Kier alpha value is -2.90. The number of amides is 1. The van der Waals surface area contributed by atoms with Crippen LogP contribution in [0.3, 0.4) is 0 Å². The number of aromatic nitrogens is 2. The van der Waals surface area contributed by atoms with Crippen molar-refractivity contribution in [2.24, 2.45) is 0 Å². The van der Waals surface area contributed by atoms with Crippen molar-refractivity contribution in [2.45, 2.75) is 25.9 Å². The maximum atomic E-state index is 11.1. The standard InChI is InChI=1S/C21H23N5O2.ClH/c1-14(27)23-15-8-10-16(11-9-15)24-21-25-19-7-3-2-6-18(19)20(26-21)22-13-17-5-4-12-28-17;/h2-3,6-11,17H,4-5,12-13H2,1H3,(H,23,27)(H2,22,24,25,26);1H. The molecule has 0 radical (unpaired) electrons. The lowest BCUT2D eigenvalue weighted by atomic mass is 10.2. The molecule has 3 N–H and O–H groups in total. The van der Waals surface area contributed by atoms with Gasteiger partial charge in [-0.2, -0.15) is 4.98 Å². The Morgan fingerprint density at radius 3 is 2.59 bits per heavy atom. The summed E-state index contributed by atoms with van der Waals surface area (Å²) < 4.78 is 5.70. The van der Waals surface area contributed by atoms with Crippen LogP contribution in [0.2, 0.25) is 0 Å². The Labute approximate surface area is 175 Å². The SMILES string of the molecule is CC(=O)Nc1ccc(Nc2nc(NCC3CCCO3)c3ccccc3n2)cc1.Cl. The highest BCUT2D eigenvalue weighted by atomic mass is 35.5. The molecular weight excluding hydrogens is 390 g/mol. The van der Waals surface area contributed by atoms with E-state index in [1.807, 2.05) is 48.5 Å². The van der Waals surface area contributed by atoms with Gasteiger partial charge in [-0.15, -0.1) is 12.4 Å². The largest absolute Gasteiger partial charge is 0.376 e. The third kappa shape index (κ3) is 5.34. The smallest absolute Gasteiger partial charge is 0.229 e. The maximum Gasteiger partial charge on any atom is 0.229 e. The highest BCUT2D eigenvalue weighted by molar-refractivity contribution is 5.90. The quantitative estimate of drug-likeness (QED) is 0.557. The topological polar surface area (TPSA) is 88.2 Å². The van der Waals surface area contributed by atoms with Crippen LogP contribution in [0.5, 0.6) is 0 Å². The van der Waals surface area contributed by atoms with Gasteiger partial charge in [0, 0.05) is 36.8 Å². The zero-order chi connectivity index (χ0) is 19.3. The molecule has 7 nitrogen and oxygen atoms in total. The molecule has 3 aromatic rings. The van der Waals surface area contributed by atoms with Crippen molar-refractivity contribution in [3.8, 4) is 0 Å². The van der Waals surface area contributed by atoms with Crippen molar-refractivity contribution in [1.82, 2.24) is 9.97 Å². The molecule has 4 rings (SSSR count). The molecule has 0 bridgehead atoms. The van der Waals surface area contributed by atoms with Crippen LogP contribution < -0.4 is 16.0 Å². The van der Waals surface area contributed by atoms with Gasteiger partial charge in [0.1, 0.15) is 5.82 Å². The molecule has 1 aromatic heterocycles. The van der Waals surface area contributed by atoms with Crippen molar-refractivity contribution >= 4 is 52.4 Å². The number of carbonyl (C=O) groups is 1. The predicted molar refractivity (Wildman–Crippen MR) is 118 cm³/mol. The Kier molecular flexibility index (Phi) is 6.85. The summed E-state index contributed by atoms with van der Waals surface area (Å²) in [7, 11) is 0. The molecule has 0 aliphatic carbocycles. The van der Waals surface area contributed by atoms with Gasteiger partial charge in [0.25, 0.3) is 0 Å². The second-order valence-electron chi connectivity index (χ2n) is 6.81. The van der Waals surface area contributed by atoms with E-state index in [1.165, 1.54) is 6.92 Å². The number of carbonyl (C=O) groups excluding carboxylic acids is 1. The van der Waals surface area contributed by atoms with Gasteiger partial charge >= 0.3 is 0 Å². The lowest BCUT2D eigenvalue weighted by Gasteiger charge is -2.14. The number of para-hydroxylation sites is 1. The minimum atomic E-state index is -0.0967. The van der Waals surface area contributed by atoms with Gasteiger partial charge in [0.15, 0.2) is 0 Å². The van der Waals surface area contributed by atoms with Gasteiger partial charge in [-0.25, -0.2) is 4.98 Å². The maximum absolute atomic E-state index is 11.1. The van der Waals surface area contributed by atoms with E-state index < -0.39 is 0 Å². The van der Waals surface area contributed by atoms with E-state index in [-0.39, 0.29) is 24.4 Å². The summed E-state index contributed by atoms with van der Waals surface area (Å²) in [6.07, 6.45) is 2.41. The lowest BCUT2D eigenvalue weighted by molar-refractivity contribution is -0.114. The van der Waals surface area contributed by atoms with Gasteiger partial charge < -0.3 is 20.7 Å². The van der Waals surface area contributed by atoms with E-state index in [9.17, 15) is 4.79 Å². The minimum absolute atomic E-state index is 0. The summed E-state index contributed by atoms with van der Waals surface area (Å²) in [5, 5.41) is 10.4. The van der Waals surface area contributed by atoms with Crippen LogP contribution in [0.1, 0.15) is 19.8 Å².